The molecular formula is C17H19F3IN3. The number of rotatable bonds is 3. The fourth-order valence-electron chi connectivity index (χ4n) is 2.21. The van der Waals surface area contributed by atoms with Gasteiger partial charge in [0.2, 0.25) is 0 Å². The first-order chi connectivity index (χ1) is 10.7. The molecule has 0 aliphatic rings. The molecule has 0 saturated heterocycles. The Bertz CT molecular complexity index is 690. The Morgan fingerprint density at radius 1 is 1.04 bits per heavy atom. The molecule has 0 saturated carbocycles. The Morgan fingerprint density at radius 3 is 2.08 bits per heavy atom. The molecule has 0 heterocycles. The van der Waals surface area contributed by atoms with Gasteiger partial charge in [-0.15, -0.1) is 24.0 Å². The summed E-state index contributed by atoms with van der Waals surface area (Å²) in [7, 11) is 0. The molecule has 7 heteroatoms. The predicted molar refractivity (Wildman–Crippen MR) is 102 cm³/mol. The first kappa shape index (κ1) is 20.3. The SMILES string of the molecule is Cc1cc(C)cc(NC(N)=NCc2ccc(C(F)(F)F)cc2)c1.I. The minimum absolute atomic E-state index is 0. The van der Waals surface area contributed by atoms with Crippen molar-refractivity contribution in [1.29, 1.82) is 0 Å². The van der Waals surface area contributed by atoms with Crippen LogP contribution in [0.25, 0.3) is 0 Å². The minimum Gasteiger partial charge on any atom is -0.370 e. The van der Waals surface area contributed by atoms with E-state index in [2.05, 4.69) is 10.3 Å². The van der Waals surface area contributed by atoms with E-state index in [1.54, 1.807) is 0 Å². The highest BCUT2D eigenvalue weighted by molar-refractivity contribution is 14.0. The average molecular weight is 449 g/mol. The Morgan fingerprint density at radius 2 is 1.58 bits per heavy atom. The molecule has 3 nitrogen and oxygen atoms in total. The topological polar surface area (TPSA) is 50.4 Å². The van der Waals surface area contributed by atoms with Crippen molar-refractivity contribution in [3.63, 3.8) is 0 Å². The summed E-state index contributed by atoms with van der Waals surface area (Å²) in [6.07, 6.45) is -4.33. The number of alkyl halides is 3. The van der Waals surface area contributed by atoms with Gasteiger partial charge in [-0.3, -0.25) is 0 Å². The van der Waals surface area contributed by atoms with Crippen LogP contribution in [-0.2, 0) is 12.7 Å². The maximum absolute atomic E-state index is 12.5. The molecule has 0 fully saturated rings. The van der Waals surface area contributed by atoms with E-state index in [0.717, 1.165) is 28.9 Å². The van der Waals surface area contributed by atoms with Crippen molar-refractivity contribution in [2.75, 3.05) is 5.32 Å². The van der Waals surface area contributed by atoms with E-state index in [1.807, 2.05) is 32.0 Å². The van der Waals surface area contributed by atoms with Crippen LogP contribution in [0.3, 0.4) is 0 Å². The maximum Gasteiger partial charge on any atom is 0.416 e. The first-order valence-corrected chi connectivity index (χ1v) is 7.05. The van der Waals surface area contributed by atoms with E-state index in [0.29, 0.717) is 5.56 Å². The number of guanidine groups is 1. The van der Waals surface area contributed by atoms with Crippen LogP contribution in [0, 0.1) is 13.8 Å². The maximum atomic E-state index is 12.5. The number of nitrogens with zero attached hydrogens (tertiary/aromatic N) is 1. The number of aliphatic imine (C=N–C) groups is 1. The second kappa shape index (κ2) is 8.36. The molecule has 2 aromatic rings. The molecular weight excluding hydrogens is 430 g/mol. The van der Waals surface area contributed by atoms with Gasteiger partial charge >= 0.3 is 6.18 Å². The van der Waals surface area contributed by atoms with E-state index in [9.17, 15) is 13.2 Å². The van der Waals surface area contributed by atoms with Gasteiger partial charge in [-0.25, -0.2) is 4.99 Å². The zero-order valence-corrected chi connectivity index (χ0v) is 15.6. The fourth-order valence-corrected chi connectivity index (χ4v) is 2.21. The Balaban J connectivity index is 0.00000288. The third-order valence-electron chi connectivity index (χ3n) is 3.21. The first-order valence-electron chi connectivity index (χ1n) is 7.05. The zero-order valence-electron chi connectivity index (χ0n) is 13.3. The molecule has 0 spiro atoms. The summed E-state index contributed by atoms with van der Waals surface area (Å²) < 4.78 is 37.5. The molecule has 2 aromatic carbocycles. The monoisotopic (exact) mass is 449 g/mol. The summed E-state index contributed by atoms with van der Waals surface area (Å²) in [4.78, 5) is 4.14. The lowest BCUT2D eigenvalue weighted by atomic mass is 10.1. The molecule has 0 atom stereocenters. The van der Waals surface area contributed by atoms with Crippen LogP contribution in [0.1, 0.15) is 22.3 Å². The van der Waals surface area contributed by atoms with Crippen molar-refractivity contribution >= 4 is 35.6 Å². The molecule has 3 N–H and O–H groups in total. The number of anilines is 1. The number of halogens is 4. The molecule has 130 valence electrons. The van der Waals surface area contributed by atoms with Gasteiger partial charge in [-0.1, -0.05) is 18.2 Å². The molecule has 24 heavy (non-hydrogen) atoms. The van der Waals surface area contributed by atoms with Crippen LogP contribution < -0.4 is 11.1 Å². The molecule has 0 unspecified atom stereocenters. The summed E-state index contributed by atoms with van der Waals surface area (Å²) in [5.74, 6) is 0.217. The van der Waals surface area contributed by atoms with Gasteiger partial charge in [-0.05, 0) is 54.8 Å². The van der Waals surface area contributed by atoms with Crippen LogP contribution in [0.2, 0.25) is 0 Å². The molecule has 0 aliphatic heterocycles. The minimum atomic E-state index is -4.33. The molecule has 0 amide bonds. The van der Waals surface area contributed by atoms with Gasteiger partial charge in [0.25, 0.3) is 0 Å². The second-order valence-corrected chi connectivity index (χ2v) is 5.40. The number of nitrogens with two attached hydrogens (primary N) is 1. The smallest absolute Gasteiger partial charge is 0.370 e. The van der Waals surface area contributed by atoms with Crippen LogP contribution in [0.15, 0.2) is 47.5 Å². The van der Waals surface area contributed by atoms with Crippen molar-refractivity contribution in [2.45, 2.75) is 26.6 Å². The largest absolute Gasteiger partial charge is 0.416 e. The van der Waals surface area contributed by atoms with Gasteiger partial charge < -0.3 is 11.1 Å². The lowest BCUT2D eigenvalue weighted by molar-refractivity contribution is -0.137. The second-order valence-electron chi connectivity index (χ2n) is 5.40. The highest BCUT2D eigenvalue weighted by Crippen LogP contribution is 2.29. The van der Waals surface area contributed by atoms with E-state index < -0.39 is 11.7 Å². The van der Waals surface area contributed by atoms with Crippen molar-refractivity contribution in [2.24, 2.45) is 10.7 Å². The van der Waals surface area contributed by atoms with Crippen LogP contribution in [0.5, 0.6) is 0 Å². The number of aryl methyl sites for hydroxylation is 2. The molecule has 0 aromatic heterocycles. The van der Waals surface area contributed by atoms with Gasteiger partial charge in [0, 0.05) is 5.69 Å². The normalized spacial score (nSPS) is 11.8. The highest BCUT2D eigenvalue weighted by Gasteiger charge is 2.29. The quantitative estimate of drug-likeness (QED) is 0.399. The molecule has 0 bridgehead atoms. The lowest BCUT2D eigenvalue weighted by Gasteiger charge is -2.09. The Kier molecular flexibility index (Phi) is 7.07. The summed E-state index contributed by atoms with van der Waals surface area (Å²) in [6.45, 7) is 4.17. The van der Waals surface area contributed by atoms with Crippen LogP contribution in [0.4, 0.5) is 18.9 Å². The van der Waals surface area contributed by atoms with Gasteiger partial charge in [0.05, 0.1) is 12.1 Å². The van der Waals surface area contributed by atoms with Gasteiger partial charge in [0.15, 0.2) is 5.96 Å². The van der Waals surface area contributed by atoms with Crippen LogP contribution >= 0.6 is 24.0 Å². The summed E-state index contributed by atoms with van der Waals surface area (Å²) >= 11 is 0. The summed E-state index contributed by atoms with van der Waals surface area (Å²) in [5, 5.41) is 2.98. The van der Waals surface area contributed by atoms with Crippen molar-refractivity contribution < 1.29 is 13.2 Å². The van der Waals surface area contributed by atoms with E-state index >= 15 is 0 Å². The Hall–Kier alpha value is -1.77. The lowest BCUT2D eigenvalue weighted by Crippen LogP contribution is -2.22. The van der Waals surface area contributed by atoms with Gasteiger partial charge in [0.1, 0.15) is 0 Å². The van der Waals surface area contributed by atoms with E-state index in [1.165, 1.54) is 12.1 Å². The van der Waals surface area contributed by atoms with Crippen molar-refractivity contribution in [3.8, 4) is 0 Å². The summed E-state index contributed by atoms with van der Waals surface area (Å²) in [5.41, 5.74) is 8.82. The van der Waals surface area contributed by atoms with Crippen LogP contribution in [-0.4, -0.2) is 5.96 Å². The fraction of sp³-hybridized carbons (Fsp3) is 0.235. The van der Waals surface area contributed by atoms with E-state index in [-0.39, 0.29) is 36.5 Å². The molecule has 2 rings (SSSR count). The van der Waals surface area contributed by atoms with Crippen molar-refractivity contribution in [3.05, 3.63) is 64.7 Å². The van der Waals surface area contributed by atoms with Gasteiger partial charge in [-0.2, -0.15) is 13.2 Å². The number of hydrogen-bond donors (Lipinski definition) is 2. The average Bonchev–Trinajstić information content (AvgIpc) is 2.43. The highest BCUT2D eigenvalue weighted by atomic mass is 127. The van der Waals surface area contributed by atoms with E-state index in [4.69, 9.17) is 5.73 Å². The standard InChI is InChI=1S/C17H18F3N3.HI/c1-11-7-12(2)9-15(8-11)23-16(21)22-10-13-3-5-14(6-4-13)17(18,19)20;/h3-9H,10H2,1-2H3,(H3,21,22,23);1H. The number of nitrogens with one attached hydrogen (secondary N) is 1. The van der Waals surface area contributed by atoms with Crippen molar-refractivity contribution in [1.82, 2.24) is 0 Å². The third-order valence-corrected chi connectivity index (χ3v) is 3.21. The predicted octanol–water partition coefficient (Wildman–Crippen LogP) is 4.87. The zero-order chi connectivity index (χ0) is 17.0. The Labute approximate surface area is 156 Å². The molecule has 0 aliphatic carbocycles. The number of benzene rings is 2. The molecule has 0 radical (unpaired) electrons. The third kappa shape index (κ3) is 6.03. The summed E-state index contributed by atoms with van der Waals surface area (Å²) in [6, 6.07) is 10.8. The number of hydrogen-bond acceptors (Lipinski definition) is 1.